The smallest absolute Gasteiger partial charge is 0.0833 e. The van der Waals surface area contributed by atoms with Crippen molar-refractivity contribution in [3.63, 3.8) is 0 Å². The highest BCUT2D eigenvalue weighted by Gasteiger charge is 2.23. The molecule has 13 heavy (non-hydrogen) atoms. The van der Waals surface area contributed by atoms with Crippen molar-refractivity contribution in [2.75, 3.05) is 11.8 Å². The molecule has 0 aliphatic heterocycles. The molecule has 0 radical (unpaired) electrons. The van der Waals surface area contributed by atoms with E-state index in [0.29, 0.717) is 11.8 Å². The van der Waals surface area contributed by atoms with E-state index in [1.807, 2.05) is 20.2 Å². The minimum absolute atomic E-state index is 0.0842. The van der Waals surface area contributed by atoms with Gasteiger partial charge in [-0.15, -0.1) is 28.3 Å². The van der Waals surface area contributed by atoms with Gasteiger partial charge in [-0.05, 0) is 0 Å². The summed E-state index contributed by atoms with van der Waals surface area (Å²) in [6.07, 6.45) is 2.66. The number of rotatable bonds is 4. The molecule has 0 aromatic carbocycles. The van der Waals surface area contributed by atoms with Crippen LogP contribution in [0.2, 0.25) is 0 Å². The van der Waals surface area contributed by atoms with Crippen LogP contribution in [0.15, 0.2) is 6.20 Å². The summed E-state index contributed by atoms with van der Waals surface area (Å²) in [5.41, 5.74) is 0.852. The van der Waals surface area contributed by atoms with Crippen LogP contribution in [0.5, 0.6) is 0 Å². The van der Waals surface area contributed by atoms with Gasteiger partial charge in [0, 0.05) is 36.8 Å². The summed E-state index contributed by atoms with van der Waals surface area (Å²) >= 11 is 11.7. The maximum Gasteiger partial charge on any atom is 0.0833 e. The quantitative estimate of drug-likeness (QED) is 0.727. The first-order valence-corrected chi connectivity index (χ1v) is 5.14. The topological polar surface area (TPSA) is 30.7 Å². The summed E-state index contributed by atoms with van der Waals surface area (Å²) in [6, 6.07) is 0. The molecule has 0 fully saturated rings. The molecule has 0 saturated heterocycles. The highest BCUT2D eigenvalue weighted by Crippen LogP contribution is 2.24. The van der Waals surface area contributed by atoms with Crippen molar-refractivity contribution >= 4 is 23.2 Å². The van der Waals surface area contributed by atoms with Crippen LogP contribution in [0.3, 0.4) is 0 Å². The molecular formula is C8H13Cl2N3. The van der Waals surface area contributed by atoms with Crippen LogP contribution in [-0.4, -0.2) is 26.8 Å². The van der Waals surface area contributed by atoms with Crippen LogP contribution in [-0.2, 0) is 13.5 Å². The first kappa shape index (κ1) is 10.8. The van der Waals surface area contributed by atoms with E-state index < -0.39 is 0 Å². The Morgan fingerprint density at radius 1 is 1.46 bits per heavy atom. The molecule has 0 amide bonds. The van der Waals surface area contributed by atoms with Crippen LogP contribution < -0.4 is 0 Å². The lowest BCUT2D eigenvalue weighted by Crippen LogP contribution is -2.23. The summed E-state index contributed by atoms with van der Waals surface area (Å²) in [6.45, 7) is 2.04. The van der Waals surface area contributed by atoms with Gasteiger partial charge < -0.3 is 0 Å². The molecule has 0 atom stereocenters. The predicted molar refractivity (Wildman–Crippen MR) is 54.3 cm³/mol. The Balaban J connectivity index is 2.67. The Morgan fingerprint density at radius 2 is 2.08 bits per heavy atom. The van der Waals surface area contributed by atoms with Crippen molar-refractivity contribution < 1.29 is 0 Å². The van der Waals surface area contributed by atoms with Crippen molar-refractivity contribution in [3.05, 3.63) is 11.9 Å². The second-order valence-corrected chi connectivity index (χ2v) is 4.17. The predicted octanol–water partition coefficient (Wildman–Crippen LogP) is 1.84. The summed E-state index contributed by atoms with van der Waals surface area (Å²) in [7, 11) is 1.84. The van der Waals surface area contributed by atoms with Crippen molar-refractivity contribution in [1.82, 2.24) is 15.0 Å². The normalized spacial score (nSPS) is 12.0. The molecule has 1 rings (SSSR count). The summed E-state index contributed by atoms with van der Waals surface area (Å²) < 4.78 is 1.68. The minimum atomic E-state index is -0.0842. The van der Waals surface area contributed by atoms with E-state index in [1.165, 1.54) is 0 Å². The third kappa shape index (κ3) is 2.85. The summed E-state index contributed by atoms with van der Waals surface area (Å²) in [5, 5.41) is 7.84. The molecule has 74 valence electrons. The summed E-state index contributed by atoms with van der Waals surface area (Å²) in [4.78, 5) is 0. The van der Waals surface area contributed by atoms with Gasteiger partial charge in [-0.25, -0.2) is 0 Å². The zero-order chi connectivity index (χ0) is 9.90. The number of hydrogen-bond acceptors (Lipinski definition) is 2. The Hall–Kier alpha value is -0.280. The number of aryl methyl sites for hydroxylation is 1. The SMILES string of the molecule is Cn1cc(CC(C)(CCl)CCl)nn1. The van der Waals surface area contributed by atoms with Gasteiger partial charge in [0.05, 0.1) is 5.69 Å². The number of hydrogen-bond donors (Lipinski definition) is 0. The zero-order valence-corrected chi connectivity index (χ0v) is 9.31. The molecule has 1 aromatic heterocycles. The monoisotopic (exact) mass is 221 g/mol. The van der Waals surface area contributed by atoms with Crippen molar-refractivity contribution in [2.45, 2.75) is 13.3 Å². The van der Waals surface area contributed by atoms with Gasteiger partial charge in [0.25, 0.3) is 0 Å². The third-order valence-corrected chi connectivity index (χ3v) is 3.19. The molecule has 0 bridgehead atoms. The largest absolute Gasteiger partial charge is 0.255 e. The molecule has 5 heteroatoms. The molecule has 1 heterocycles. The van der Waals surface area contributed by atoms with Crippen LogP contribution in [0, 0.1) is 5.41 Å². The van der Waals surface area contributed by atoms with Gasteiger partial charge in [-0.3, -0.25) is 4.68 Å². The van der Waals surface area contributed by atoms with Gasteiger partial charge in [-0.2, -0.15) is 0 Å². The molecule has 0 unspecified atom stereocenters. The van der Waals surface area contributed by atoms with E-state index in [-0.39, 0.29) is 5.41 Å². The Bertz CT molecular complexity index is 268. The highest BCUT2D eigenvalue weighted by molar-refractivity contribution is 6.21. The van der Waals surface area contributed by atoms with E-state index >= 15 is 0 Å². The van der Waals surface area contributed by atoms with Crippen LogP contribution >= 0.6 is 23.2 Å². The lowest BCUT2D eigenvalue weighted by Gasteiger charge is -2.22. The number of alkyl halides is 2. The number of nitrogens with zero attached hydrogens (tertiary/aromatic N) is 3. The van der Waals surface area contributed by atoms with Gasteiger partial charge in [0.2, 0.25) is 0 Å². The first-order chi connectivity index (χ1) is 6.09. The lowest BCUT2D eigenvalue weighted by molar-refractivity contribution is 0.419. The zero-order valence-electron chi connectivity index (χ0n) is 7.80. The van der Waals surface area contributed by atoms with E-state index in [4.69, 9.17) is 23.2 Å². The highest BCUT2D eigenvalue weighted by atomic mass is 35.5. The molecule has 0 aliphatic rings. The van der Waals surface area contributed by atoms with Crippen LogP contribution in [0.25, 0.3) is 0 Å². The summed E-state index contributed by atoms with van der Waals surface area (Å²) in [5.74, 6) is 1.07. The van der Waals surface area contributed by atoms with Crippen molar-refractivity contribution in [3.8, 4) is 0 Å². The maximum absolute atomic E-state index is 5.83. The number of aromatic nitrogens is 3. The van der Waals surface area contributed by atoms with Crippen LogP contribution in [0.4, 0.5) is 0 Å². The molecule has 0 N–H and O–H groups in total. The standard InChI is InChI=1S/C8H13Cl2N3/c1-8(5-9,6-10)3-7-4-13(2)12-11-7/h4H,3,5-6H2,1-2H3. The second-order valence-electron chi connectivity index (χ2n) is 3.64. The Morgan fingerprint density at radius 3 is 2.46 bits per heavy atom. The average molecular weight is 222 g/mol. The molecule has 0 saturated carbocycles. The van der Waals surface area contributed by atoms with E-state index in [2.05, 4.69) is 10.3 Å². The fourth-order valence-electron chi connectivity index (χ4n) is 1.04. The second kappa shape index (κ2) is 4.29. The van der Waals surface area contributed by atoms with E-state index in [1.54, 1.807) is 4.68 Å². The molecule has 1 aromatic rings. The van der Waals surface area contributed by atoms with Gasteiger partial charge in [-0.1, -0.05) is 12.1 Å². The molecule has 0 aliphatic carbocycles. The van der Waals surface area contributed by atoms with Gasteiger partial charge >= 0.3 is 0 Å². The van der Waals surface area contributed by atoms with Crippen LogP contribution in [0.1, 0.15) is 12.6 Å². The first-order valence-electron chi connectivity index (χ1n) is 4.07. The molecule has 3 nitrogen and oxygen atoms in total. The molecular weight excluding hydrogens is 209 g/mol. The average Bonchev–Trinajstić information content (AvgIpc) is 2.51. The van der Waals surface area contributed by atoms with Gasteiger partial charge in [0.15, 0.2) is 0 Å². The van der Waals surface area contributed by atoms with E-state index in [9.17, 15) is 0 Å². The maximum atomic E-state index is 5.83. The lowest BCUT2D eigenvalue weighted by atomic mass is 9.90. The third-order valence-electron chi connectivity index (χ3n) is 1.90. The minimum Gasteiger partial charge on any atom is -0.255 e. The van der Waals surface area contributed by atoms with E-state index in [0.717, 1.165) is 12.1 Å². The van der Waals surface area contributed by atoms with Crippen molar-refractivity contribution in [2.24, 2.45) is 12.5 Å². The van der Waals surface area contributed by atoms with Crippen molar-refractivity contribution in [1.29, 1.82) is 0 Å². The number of halogens is 2. The Kier molecular flexibility index (Phi) is 3.56. The van der Waals surface area contributed by atoms with Gasteiger partial charge in [0.1, 0.15) is 0 Å². The fraction of sp³-hybridized carbons (Fsp3) is 0.750. The Labute approximate surface area is 88.0 Å². The molecule has 0 spiro atoms. The fourth-order valence-corrected chi connectivity index (χ4v) is 1.52.